The second-order valence-corrected chi connectivity index (χ2v) is 7.00. The molecule has 4 atom stereocenters. The van der Waals surface area contributed by atoms with E-state index in [0.29, 0.717) is 11.3 Å². The summed E-state index contributed by atoms with van der Waals surface area (Å²) in [6, 6.07) is 2.97. The van der Waals surface area contributed by atoms with Gasteiger partial charge in [-0.1, -0.05) is 6.92 Å². The Balaban J connectivity index is 1.59. The van der Waals surface area contributed by atoms with Crippen molar-refractivity contribution in [1.82, 2.24) is 0 Å². The fourth-order valence-corrected chi connectivity index (χ4v) is 4.50. The zero-order valence-electron chi connectivity index (χ0n) is 12.4. The fraction of sp³-hybridized carbons (Fsp3) is 0.533. The van der Waals surface area contributed by atoms with Crippen LogP contribution in [0, 0.1) is 37.0 Å². The minimum absolute atomic E-state index is 0.00286. The summed E-state index contributed by atoms with van der Waals surface area (Å²) in [5, 5.41) is 21.8. The summed E-state index contributed by atoms with van der Waals surface area (Å²) in [6.45, 7) is 2.10. The van der Waals surface area contributed by atoms with Crippen LogP contribution < -0.4 is 0 Å². The van der Waals surface area contributed by atoms with E-state index >= 15 is 0 Å². The zero-order chi connectivity index (χ0) is 16.6. The lowest BCUT2D eigenvalue weighted by molar-refractivity contribution is -0.394. The molecule has 0 heterocycles. The van der Waals surface area contributed by atoms with Crippen LogP contribution in [0.5, 0.6) is 0 Å². The topological polar surface area (TPSA) is 113 Å². The highest BCUT2D eigenvalue weighted by Crippen LogP contribution is 2.89. The molecule has 3 aliphatic carbocycles. The summed E-state index contributed by atoms with van der Waals surface area (Å²) in [4.78, 5) is 32.6. The van der Waals surface area contributed by atoms with Crippen molar-refractivity contribution in [3.63, 3.8) is 0 Å². The number of nitro benzene ring substituents is 2. The standard InChI is InChI=1S/C15H14N2O6/c1-14-7-15(14)6-8(15)4-12(14)23-13(18)10-3-2-9(16(19)20)5-11(10)17(21)22/h2-3,5,8,12H,4,6-7H2,1H3/t8-,12+,14+,15-/m1/s1. The molecule has 0 radical (unpaired) electrons. The van der Waals surface area contributed by atoms with E-state index in [0.717, 1.165) is 31.0 Å². The Labute approximate surface area is 130 Å². The summed E-state index contributed by atoms with van der Waals surface area (Å²) >= 11 is 0. The summed E-state index contributed by atoms with van der Waals surface area (Å²) in [7, 11) is 0. The highest BCUT2D eigenvalue weighted by atomic mass is 16.6. The molecule has 0 bridgehead atoms. The van der Waals surface area contributed by atoms with Crippen molar-refractivity contribution < 1.29 is 19.4 Å². The van der Waals surface area contributed by atoms with E-state index in [1.54, 1.807) is 0 Å². The van der Waals surface area contributed by atoms with Crippen molar-refractivity contribution in [2.45, 2.75) is 32.3 Å². The Morgan fingerprint density at radius 3 is 2.57 bits per heavy atom. The van der Waals surface area contributed by atoms with Gasteiger partial charge in [-0.2, -0.15) is 0 Å². The van der Waals surface area contributed by atoms with Crippen LogP contribution in [0.3, 0.4) is 0 Å². The number of nitro groups is 2. The van der Waals surface area contributed by atoms with Crippen molar-refractivity contribution >= 4 is 17.3 Å². The normalized spacial score (nSPS) is 35.9. The zero-order valence-corrected chi connectivity index (χ0v) is 12.4. The molecule has 0 saturated heterocycles. The maximum absolute atomic E-state index is 12.3. The molecule has 0 unspecified atom stereocenters. The average molecular weight is 318 g/mol. The maximum atomic E-state index is 12.3. The van der Waals surface area contributed by atoms with Gasteiger partial charge in [0.1, 0.15) is 11.7 Å². The van der Waals surface area contributed by atoms with Gasteiger partial charge in [0.15, 0.2) is 0 Å². The second kappa shape index (κ2) is 4.06. The number of esters is 1. The molecule has 3 fully saturated rings. The molecule has 8 nitrogen and oxygen atoms in total. The lowest BCUT2D eigenvalue weighted by Gasteiger charge is -2.21. The first-order valence-corrected chi connectivity index (χ1v) is 7.42. The molecular formula is C15H14N2O6. The van der Waals surface area contributed by atoms with Gasteiger partial charge in [0.05, 0.1) is 15.9 Å². The van der Waals surface area contributed by atoms with Gasteiger partial charge in [0.25, 0.3) is 11.4 Å². The summed E-state index contributed by atoms with van der Waals surface area (Å²) in [6.07, 6.45) is 2.83. The number of benzene rings is 1. The molecule has 0 aromatic heterocycles. The Kier molecular flexibility index (Phi) is 2.49. The molecule has 0 aliphatic heterocycles. The Morgan fingerprint density at radius 1 is 1.30 bits per heavy atom. The van der Waals surface area contributed by atoms with Crippen LogP contribution in [-0.2, 0) is 4.74 Å². The number of carbonyl (C=O) groups excluding carboxylic acids is 1. The van der Waals surface area contributed by atoms with Crippen LogP contribution in [0.2, 0.25) is 0 Å². The first-order valence-electron chi connectivity index (χ1n) is 7.42. The van der Waals surface area contributed by atoms with Crippen LogP contribution in [0.15, 0.2) is 18.2 Å². The molecule has 4 rings (SSSR count). The molecule has 120 valence electrons. The van der Waals surface area contributed by atoms with Crippen molar-refractivity contribution in [3.05, 3.63) is 44.0 Å². The molecule has 8 heteroatoms. The number of rotatable bonds is 4. The second-order valence-electron chi connectivity index (χ2n) is 7.00. The molecule has 0 amide bonds. The number of hydrogen-bond acceptors (Lipinski definition) is 6. The monoisotopic (exact) mass is 318 g/mol. The smallest absolute Gasteiger partial charge is 0.345 e. The highest BCUT2D eigenvalue weighted by Gasteiger charge is 2.85. The number of ether oxygens (including phenoxy) is 1. The van der Waals surface area contributed by atoms with Crippen LogP contribution >= 0.6 is 0 Å². The Bertz CT molecular complexity index is 777. The Hall–Kier alpha value is -2.51. The van der Waals surface area contributed by atoms with Crippen molar-refractivity contribution in [3.8, 4) is 0 Å². The van der Waals surface area contributed by atoms with E-state index in [-0.39, 0.29) is 17.1 Å². The molecule has 1 aromatic carbocycles. The van der Waals surface area contributed by atoms with Gasteiger partial charge >= 0.3 is 5.97 Å². The third-order valence-corrected chi connectivity index (χ3v) is 5.99. The summed E-state index contributed by atoms with van der Waals surface area (Å²) in [5.74, 6) is -0.168. The Morgan fingerprint density at radius 2 is 2.04 bits per heavy atom. The molecule has 3 saturated carbocycles. The first-order chi connectivity index (χ1) is 10.8. The lowest BCUT2D eigenvalue weighted by Crippen LogP contribution is -2.26. The van der Waals surface area contributed by atoms with Gasteiger partial charge in [0, 0.05) is 11.5 Å². The van der Waals surface area contributed by atoms with Gasteiger partial charge in [-0.25, -0.2) is 4.79 Å². The molecule has 1 spiro atoms. The molecule has 1 aromatic rings. The fourth-order valence-electron chi connectivity index (χ4n) is 4.50. The largest absolute Gasteiger partial charge is 0.458 e. The van der Waals surface area contributed by atoms with Crippen LogP contribution in [0.25, 0.3) is 0 Å². The van der Waals surface area contributed by atoms with E-state index in [4.69, 9.17) is 4.74 Å². The van der Waals surface area contributed by atoms with E-state index in [9.17, 15) is 25.0 Å². The van der Waals surface area contributed by atoms with Crippen molar-refractivity contribution in [2.75, 3.05) is 0 Å². The third kappa shape index (κ3) is 1.74. The third-order valence-electron chi connectivity index (χ3n) is 5.99. The van der Waals surface area contributed by atoms with E-state index in [1.165, 1.54) is 6.42 Å². The van der Waals surface area contributed by atoms with Gasteiger partial charge in [0.2, 0.25) is 0 Å². The van der Waals surface area contributed by atoms with Crippen molar-refractivity contribution in [2.24, 2.45) is 16.7 Å². The highest BCUT2D eigenvalue weighted by molar-refractivity contribution is 5.94. The van der Waals surface area contributed by atoms with Crippen molar-refractivity contribution in [1.29, 1.82) is 0 Å². The quantitative estimate of drug-likeness (QED) is 0.479. The van der Waals surface area contributed by atoms with Crippen LogP contribution in [-0.4, -0.2) is 21.9 Å². The van der Waals surface area contributed by atoms with Gasteiger partial charge in [-0.05, 0) is 36.7 Å². The summed E-state index contributed by atoms with van der Waals surface area (Å²) < 4.78 is 5.53. The number of carbonyl (C=O) groups is 1. The van der Waals surface area contributed by atoms with Crippen LogP contribution in [0.4, 0.5) is 11.4 Å². The minimum Gasteiger partial charge on any atom is -0.458 e. The van der Waals surface area contributed by atoms with E-state index in [1.807, 2.05) is 0 Å². The average Bonchev–Trinajstić information content (AvgIpc) is 3.33. The molecular weight excluding hydrogens is 304 g/mol. The number of nitrogens with zero attached hydrogens (tertiary/aromatic N) is 2. The van der Waals surface area contributed by atoms with E-state index < -0.39 is 27.2 Å². The van der Waals surface area contributed by atoms with Gasteiger partial charge in [-0.15, -0.1) is 0 Å². The SMILES string of the molecule is C[C@@]12C[C@@]13C[C@H]3C[C@@H]2OC(=O)c1ccc([N+](=O)[O-])cc1[N+](=O)[O-]. The lowest BCUT2D eigenvalue weighted by atomic mass is 9.99. The summed E-state index contributed by atoms with van der Waals surface area (Å²) in [5.41, 5.74) is -0.909. The number of non-ortho nitro benzene ring substituents is 1. The first kappa shape index (κ1) is 14.1. The molecule has 3 aliphatic rings. The van der Waals surface area contributed by atoms with E-state index in [2.05, 4.69) is 6.92 Å². The predicted octanol–water partition coefficient (Wildman–Crippen LogP) is 2.85. The molecule has 0 N–H and O–H groups in total. The van der Waals surface area contributed by atoms with Crippen LogP contribution in [0.1, 0.15) is 36.5 Å². The van der Waals surface area contributed by atoms with Gasteiger partial charge < -0.3 is 4.74 Å². The minimum atomic E-state index is -0.796. The van der Waals surface area contributed by atoms with Gasteiger partial charge in [-0.3, -0.25) is 20.2 Å². The predicted molar refractivity (Wildman–Crippen MR) is 76.8 cm³/mol. The maximum Gasteiger partial charge on any atom is 0.345 e. The molecule has 23 heavy (non-hydrogen) atoms. The number of hydrogen-bond donors (Lipinski definition) is 0.